The van der Waals surface area contributed by atoms with Crippen molar-refractivity contribution < 1.29 is 9.53 Å². The molecule has 0 spiro atoms. The van der Waals surface area contributed by atoms with Crippen molar-refractivity contribution in [2.45, 2.75) is 18.9 Å². The van der Waals surface area contributed by atoms with Crippen LogP contribution in [0.4, 0.5) is 4.79 Å². The minimum absolute atomic E-state index is 0.213. The van der Waals surface area contributed by atoms with Gasteiger partial charge >= 0.3 is 6.09 Å². The fourth-order valence-electron chi connectivity index (χ4n) is 1.78. The number of nitrogens with zero attached hydrogens (tertiary/aromatic N) is 1. The van der Waals surface area contributed by atoms with Gasteiger partial charge in [0.1, 0.15) is 5.75 Å². The summed E-state index contributed by atoms with van der Waals surface area (Å²) in [4.78, 5) is 13.5. The molecule has 1 saturated heterocycles. The first-order valence-electron chi connectivity index (χ1n) is 5.63. The van der Waals surface area contributed by atoms with Gasteiger partial charge in [0.25, 0.3) is 0 Å². The van der Waals surface area contributed by atoms with Gasteiger partial charge in [0.2, 0.25) is 0 Å². The number of ether oxygens (including phenoxy) is 1. The topological polar surface area (TPSA) is 55.6 Å². The second kappa shape index (κ2) is 5.51. The molecule has 2 rings (SSSR count). The molecule has 1 aliphatic heterocycles. The van der Waals surface area contributed by atoms with Crippen LogP contribution in [0.2, 0.25) is 0 Å². The van der Waals surface area contributed by atoms with Gasteiger partial charge in [-0.15, -0.1) is 0 Å². The van der Waals surface area contributed by atoms with Crippen molar-refractivity contribution in [3.8, 4) is 5.75 Å². The van der Waals surface area contributed by atoms with E-state index in [4.69, 9.17) is 10.5 Å². The molecule has 0 unspecified atom stereocenters. The van der Waals surface area contributed by atoms with Crippen molar-refractivity contribution in [3.63, 3.8) is 0 Å². The monoisotopic (exact) mass is 298 g/mol. The van der Waals surface area contributed by atoms with Crippen molar-refractivity contribution in [2.24, 2.45) is 5.73 Å². The molecule has 5 heteroatoms. The summed E-state index contributed by atoms with van der Waals surface area (Å²) in [5.41, 5.74) is 5.78. The van der Waals surface area contributed by atoms with Gasteiger partial charge in [-0.3, -0.25) is 0 Å². The minimum atomic E-state index is -0.296. The van der Waals surface area contributed by atoms with Gasteiger partial charge in [-0.2, -0.15) is 0 Å². The minimum Gasteiger partial charge on any atom is -0.410 e. The standard InChI is InChI=1S/C12H15BrN2O2/c13-9-2-1-3-11(8-9)17-12(16)15-6-4-10(14)5-7-15/h1-3,8,10H,4-7,14H2. The molecule has 1 aromatic carbocycles. The van der Waals surface area contributed by atoms with Crippen LogP contribution < -0.4 is 10.5 Å². The Hall–Kier alpha value is -1.07. The molecule has 1 amide bonds. The number of amides is 1. The van der Waals surface area contributed by atoms with E-state index in [2.05, 4.69) is 15.9 Å². The van der Waals surface area contributed by atoms with Crippen LogP contribution in [0.15, 0.2) is 28.7 Å². The highest BCUT2D eigenvalue weighted by Crippen LogP contribution is 2.19. The van der Waals surface area contributed by atoms with Crippen LogP contribution in [0, 0.1) is 0 Å². The Bertz CT molecular complexity index is 403. The van der Waals surface area contributed by atoms with E-state index in [0.717, 1.165) is 17.3 Å². The lowest BCUT2D eigenvalue weighted by Gasteiger charge is -2.29. The van der Waals surface area contributed by atoms with Gasteiger partial charge in [-0.05, 0) is 31.0 Å². The number of carbonyl (C=O) groups is 1. The summed E-state index contributed by atoms with van der Waals surface area (Å²) >= 11 is 3.33. The molecule has 92 valence electrons. The number of nitrogens with two attached hydrogens (primary N) is 1. The van der Waals surface area contributed by atoms with Crippen LogP contribution in [-0.2, 0) is 0 Å². The second-order valence-corrected chi connectivity index (χ2v) is 5.07. The molecule has 0 aromatic heterocycles. The Morgan fingerprint density at radius 3 is 2.76 bits per heavy atom. The molecule has 1 fully saturated rings. The number of piperidine rings is 1. The second-order valence-electron chi connectivity index (χ2n) is 4.15. The van der Waals surface area contributed by atoms with Gasteiger partial charge in [0.05, 0.1) is 0 Å². The molecular weight excluding hydrogens is 284 g/mol. The SMILES string of the molecule is NC1CCN(C(=O)Oc2cccc(Br)c2)CC1. The number of halogens is 1. The first-order chi connectivity index (χ1) is 8.15. The molecular formula is C12H15BrN2O2. The van der Waals surface area contributed by atoms with E-state index in [1.165, 1.54) is 0 Å². The molecule has 0 aliphatic carbocycles. The number of carbonyl (C=O) groups excluding carboxylic acids is 1. The lowest BCUT2D eigenvalue weighted by atomic mass is 10.1. The average Bonchev–Trinajstić information content (AvgIpc) is 2.29. The van der Waals surface area contributed by atoms with Crippen LogP contribution in [0.25, 0.3) is 0 Å². The van der Waals surface area contributed by atoms with Crippen molar-refractivity contribution in [1.82, 2.24) is 4.90 Å². The maximum atomic E-state index is 11.8. The first kappa shape index (κ1) is 12.4. The molecule has 0 bridgehead atoms. The van der Waals surface area contributed by atoms with Crippen LogP contribution >= 0.6 is 15.9 Å². The summed E-state index contributed by atoms with van der Waals surface area (Å²) in [5.74, 6) is 0.555. The number of rotatable bonds is 1. The van der Waals surface area contributed by atoms with Gasteiger partial charge in [-0.25, -0.2) is 4.79 Å². The van der Waals surface area contributed by atoms with E-state index in [1.807, 2.05) is 12.1 Å². The fourth-order valence-corrected chi connectivity index (χ4v) is 2.16. The fraction of sp³-hybridized carbons (Fsp3) is 0.417. The summed E-state index contributed by atoms with van der Waals surface area (Å²) in [6, 6.07) is 7.46. The lowest BCUT2D eigenvalue weighted by Crippen LogP contribution is -2.44. The van der Waals surface area contributed by atoms with E-state index >= 15 is 0 Å². The zero-order valence-electron chi connectivity index (χ0n) is 9.43. The third-order valence-corrected chi connectivity index (χ3v) is 3.29. The van der Waals surface area contributed by atoms with Gasteiger partial charge in [-0.1, -0.05) is 22.0 Å². The first-order valence-corrected chi connectivity index (χ1v) is 6.42. The molecule has 1 heterocycles. The van der Waals surface area contributed by atoms with Gasteiger partial charge in [0.15, 0.2) is 0 Å². The molecule has 0 radical (unpaired) electrons. The van der Waals surface area contributed by atoms with Crippen LogP contribution in [0.3, 0.4) is 0 Å². The molecule has 1 aromatic rings. The van der Waals surface area contributed by atoms with E-state index < -0.39 is 0 Å². The third kappa shape index (κ3) is 3.44. The smallest absolute Gasteiger partial charge is 0.410 e. The summed E-state index contributed by atoms with van der Waals surface area (Å²) in [6.07, 6.45) is 1.39. The molecule has 2 N–H and O–H groups in total. The molecule has 17 heavy (non-hydrogen) atoms. The maximum absolute atomic E-state index is 11.8. The predicted molar refractivity (Wildman–Crippen MR) is 68.9 cm³/mol. The zero-order chi connectivity index (χ0) is 12.3. The number of likely N-dealkylation sites (tertiary alicyclic amines) is 1. The van der Waals surface area contributed by atoms with E-state index in [-0.39, 0.29) is 12.1 Å². The maximum Gasteiger partial charge on any atom is 0.415 e. The van der Waals surface area contributed by atoms with Crippen molar-refractivity contribution >= 4 is 22.0 Å². The summed E-state index contributed by atoms with van der Waals surface area (Å²) in [7, 11) is 0. The van der Waals surface area contributed by atoms with E-state index in [1.54, 1.807) is 17.0 Å². The van der Waals surface area contributed by atoms with Crippen molar-refractivity contribution in [1.29, 1.82) is 0 Å². The largest absolute Gasteiger partial charge is 0.415 e. The Morgan fingerprint density at radius 1 is 1.41 bits per heavy atom. The Kier molecular flexibility index (Phi) is 4.02. The predicted octanol–water partition coefficient (Wildman–Crippen LogP) is 2.37. The Balaban J connectivity index is 1.93. The average molecular weight is 299 g/mol. The highest BCUT2D eigenvalue weighted by Gasteiger charge is 2.21. The van der Waals surface area contributed by atoms with Crippen LogP contribution in [0.5, 0.6) is 5.75 Å². The van der Waals surface area contributed by atoms with Gasteiger partial charge < -0.3 is 15.4 Å². The summed E-state index contributed by atoms with van der Waals surface area (Å²) < 4.78 is 6.18. The molecule has 0 atom stereocenters. The number of hydrogen-bond donors (Lipinski definition) is 1. The Morgan fingerprint density at radius 2 is 2.12 bits per heavy atom. The quantitative estimate of drug-likeness (QED) is 0.866. The highest BCUT2D eigenvalue weighted by atomic mass is 79.9. The molecule has 4 nitrogen and oxygen atoms in total. The Labute approximate surface area is 109 Å². The van der Waals surface area contributed by atoms with Crippen LogP contribution in [0.1, 0.15) is 12.8 Å². The van der Waals surface area contributed by atoms with Crippen molar-refractivity contribution in [2.75, 3.05) is 13.1 Å². The summed E-state index contributed by atoms with van der Waals surface area (Å²) in [5, 5.41) is 0. The lowest BCUT2D eigenvalue weighted by molar-refractivity contribution is 0.139. The van der Waals surface area contributed by atoms with Gasteiger partial charge in [0, 0.05) is 23.6 Å². The normalized spacial score (nSPS) is 16.9. The molecule has 1 aliphatic rings. The van der Waals surface area contributed by atoms with E-state index in [0.29, 0.717) is 18.8 Å². The van der Waals surface area contributed by atoms with Crippen LogP contribution in [-0.4, -0.2) is 30.1 Å². The zero-order valence-corrected chi connectivity index (χ0v) is 11.0. The number of benzene rings is 1. The molecule has 0 saturated carbocycles. The summed E-state index contributed by atoms with van der Waals surface area (Å²) in [6.45, 7) is 1.35. The highest BCUT2D eigenvalue weighted by molar-refractivity contribution is 9.10. The van der Waals surface area contributed by atoms with Crippen molar-refractivity contribution in [3.05, 3.63) is 28.7 Å². The third-order valence-electron chi connectivity index (χ3n) is 2.80. The van der Waals surface area contributed by atoms with E-state index in [9.17, 15) is 4.79 Å². The number of hydrogen-bond acceptors (Lipinski definition) is 3.